The Bertz CT molecular complexity index is 801. The number of hydrogen-bond donors (Lipinski definition) is 3. The van der Waals surface area contributed by atoms with Gasteiger partial charge in [0.2, 0.25) is 0 Å². The second-order valence-electron chi connectivity index (χ2n) is 14.0. The molecule has 3 aliphatic heterocycles. The van der Waals surface area contributed by atoms with Gasteiger partial charge in [-0.15, -0.1) is 0 Å². The molecule has 7 heteroatoms. The molecule has 3 N–H and O–H groups in total. The molecule has 3 aliphatic rings. The van der Waals surface area contributed by atoms with Gasteiger partial charge in [0.1, 0.15) is 6.10 Å². The van der Waals surface area contributed by atoms with Crippen LogP contribution in [0.5, 0.6) is 0 Å². The normalized spacial score (nSPS) is 27.4. The Hall–Kier alpha value is -0.990. The van der Waals surface area contributed by atoms with E-state index < -0.39 is 12.2 Å². The van der Waals surface area contributed by atoms with Crippen LogP contribution in [0.2, 0.25) is 0 Å². The van der Waals surface area contributed by atoms with Gasteiger partial charge in [0.05, 0.1) is 42.7 Å². The summed E-state index contributed by atoms with van der Waals surface area (Å²) in [6, 6.07) is 0. The smallest absolute Gasteiger partial charge is 0.334 e. The van der Waals surface area contributed by atoms with Gasteiger partial charge in [0, 0.05) is 12.0 Å². The molecule has 0 aliphatic carbocycles. The van der Waals surface area contributed by atoms with Crippen molar-refractivity contribution in [2.45, 2.75) is 217 Å². The average molecular weight is 623 g/mol. The fraction of sp³-hybridized carbons (Fsp3) is 0.919. The Labute approximate surface area is 268 Å². The number of ether oxygens (including phenoxy) is 3. The van der Waals surface area contributed by atoms with Gasteiger partial charge in [-0.1, -0.05) is 110 Å². The molecule has 0 aromatic rings. The summed E-state index contributed by atoms with van der Waals surface area (Å²) in [5.74, 6) is -0.281. The zero-order valence-electron chi connectivity index (χ0n) is 28.1. The van der Waals surface area contributed by atoms with Crippen LogP contribution in [0.15, 0.2) is 11.6 Å². The summed E-state index contributed by atoms with van der Waals surface area (Å²) in [7, 11) is 0. The molecule has 0 saturated carbocycles. The van der Waals surface area contributed by atoms with Crippen LogP contribution in [0.25, 0.3) is 0 Å². The van der Waals surface area contributed by atoms with Crippen molar-refractivity contribution in [2.75, 3.05) is 0 Å². The molecular formula is C37H66O7. The van der Waals surface area contributed by atoms with Crippen molar-refractivity contribution < 1.29 is 34.3 Å². The number of aliphatic hydroxyl groups excluding tert-OH is 3. The molecule has 0 amide bonds. The Balaban J connectivity index is 1.13. The molecule has 2 fully saturated rings. The lowest BCUT2D eigenvalue weighted by atomic mass is 10.00. The largest absolute Gasteiger partial charge is 0.455 e. The van der Waals surface area contributed by atoms with E-state index in [1.54, 1.807) is 0 Å². The van der Waals surface area contributed by atoms with Crippen molar-refractivity contribution in [1.82, 2.24) is 0 Å². The number of rotatable bonds is 25. The summed E-state index contributed by atoms with van der Waals surface area (Å²) >= 11 is 0. The molecule has 2 unspecified atom stereocenters. The molecule has 3 rings (SSSR count). The quantitative estimate of drug-likeness (QED) is 0.0703. The van der Waals surface area contributed by atoms with Gasteiger partial charge in [0.15, 0.2) is 0 Å². The summed E-state index contributed by atoms with van der Waals surface area (Å²) in [5, 5.41) is 31.6. The summed E-state index contributed by atoms with van der Waals surface area (Å²) in [6.45, 7) is 4.09. The molecule has 0 aromatic carbocycles. The first-order valence-corrected chi connectivity index (χ1v) is 18.6. The summed E-state index contributed by atoms with van der Waals surface area (Å²) < 4.78 is 17.7. The third-order valence-corrected chi connectivity index (χ3v) is 10.0. The highest BCUT2D eigenvalue weighted by molar-refractivity contribution is 5.90. The molecule has 2 saturated heterocycles. The van der Waals surface area contributed by atoms with E-state index in [0.29, 0.717) is 12.0 Å². The van der Waals surface area contributed by atoms with Gasteiger partial charge in [-0.3, -0.25) is 0 Å². The number of carbonyl (C=O) groups is 1. The van der Waals surface area contributed by atoms with Crippen LogP contribution in [0.3, 0.4) is 0 Å². The molecular weight excluding hydrogens is 556 g/mol. The van der Waals surface area contributed by atoms with Gasteiger partial charge in [-0.05, 0) is 57.9 Å². The molecule has 7 nitrogen and oxygen atoms in total. The lowest BCUT2D eigenvalue weighted by Crippen LogP contribution is -2.33. The standard InChI is InChI=1S/C37H66O7/c1-3-4-5-6-7-11-14-17-20-31(39)33-22-24-35(43-33)36-25-23-34(44-36)32(40)21-18-15-12-9-8-10-13-16-19-30(38)27-29-26-28(2)42-37(29)41/h26,28,30-36,38-40H,3-25,27H2,1-2H3/t28-,30-,31+,32+,33?,34+,35+,36?/m0/s1. The number of aliphatic hydroxyl groups is 3. The zero-order valence-corrected chi connectivity index (χ0v) is 28.1. The lowest BCUT2D eigenvalue weighted by Gasteiger charge is -2.24. The highest BCUT2D eigenvalue weighted by atomic mass is 16.6. The van der Waals surface area contributed by atoms with Crippen molar-refractivity contribution in [3.05, 3.63) is 11.6 Å². The first-order chi connectivity index (χ1) is 21.4. The van der Waals surface area contributed by atoms with Crippen LogP contribution in [0.4, 0.5) is 0 Å². The average Bonchev–Trinajstić information content (AvgIpc) is 3.75. The number of cyclic esters (lactones) is 1. The summed E-state index contributed by atoms with van der Waals surface area (Å²) in [5.41, 5.74) is 0.617. The van der Waals surface area contributed by atoms with Crippen LogP contribution in [0.1, 0.15) is 168 Å². The van der Waals surface area contributed by atoms with E-state index in [4.69, 9.17) is 14.2 Å². The highest BCUT2D eigenvalue weighted by Gasteiger charge is 2.40. The second-order valence-corrected chi connectivity index (χ2v) is 14.0. The zero-order chi connectivity index (χ0) is 31.6. The van der Waals surface area contributed by atoms with Gasteiger partial charge < -0.3 is 29.5 Å². The Morgan fingerprint density at radius 3 is 1.52 bits per heavy atom. The van der Waals surface area contributed by atoms with Gasteiger partial charge in [0.25, 0.3) is 0 Å². The van der Waals surface area contributed by atoms with E-state index >= 15 is 0 Å². The van der Waals surface area contributed by atoms with Crippen molar-refractivity contribution in [2.24, 2.45) is 0 Å². The van der Waals surface area contributed by atoms with Gasteiger partial charge in [-0.25, -0.2) is 4.79 Å². The van der Waals surface area contributed by atoms with Crippen molar-refractivity contribution in [3.63, 3.8) is 0 Å². The van der Waals surface area contributed by atoms with E-state index in [0.717, 1.165) is 77.0 Å². The molecule has 8 atom stereocenters. The highest BCUT2D eigenvalue weighted by Crippen LogP contribution is 2.34. The van der Waals surface area contributed by atoms with Gasteiger partial charge in [-0.2, -0.15) is 0 Å². The molecule has 0 bridgehead atoms. The number of carbonyl (C=O) groups excluding carboxylic acids is 1. The monoisotopic (exact) mass is 622 g/mol. The molecule has 0 aromatic heterocycles. The number of esters is 1. The van der Waals surface area contributed by atoms with E-state index in [1.165, 1.54) is 70.6 Å². The topological polar surface area (TPSA) is 105 Å². The molecule has 256 valence electrons. The third kappa shape index (κ3) is 14.2. The molecule has 0 spiro atoms. The maximum absolute atomic E-state index is 11.7. The van der Waals surface area contributed by atoms with Crippen molar-refractivity contribution >= 4 is 5.97 Å². The summed E-state index contributed by atoms with van der Waals surface area (Å²) in [4.78, 5) is 11.7. The maximum Gasteiger partial charge on any atom is 0.334 e. The fourth-order valence-electron chi connectivity index (χ4n) is 7.28. The fourth-order valence-corrected chi connectivity index (χ4v) is 7.28. The van der Waals surface area contributed by atoms with Gasteiger partial charge >= 0.3 is 5.97 Å². The van der Waals surface area contributed by atoms with E-state index in [9.17, 15) is 20.1 Å². The molecule has 44 heavy (non-hydrogen) atoms. The van der Waals surface area contributed by atoms with Crippen LogP contribution in [0, 0.1) is 0 Å². The predicted octanol–water partition coefficient (Wildman–Crippen LogP) is 7.86. The number of unbranched alkanes of at least 4 members (excludes halogenated alkanes) is 14. The van der Waals surface area contributed by atoms with Crippen LogP contribution in [-0.4, -0.2) is 70.1 Å². The predicted molar refractivity (Wildman–Crippen MR) is 175 cm³/mol. The van der Waals surface area contributed by atoms with Crippen LogP contribution in [-0.2, 0) is 19.0 Å². The van der Waals surface area contributed by atoms with E-state index in [-0.39, 0.29) is 42.6 Å². The van der Waals surface area contributed by atoms with E-state index in [1.807, 2.05) is 13.0 Å². The van der Waals surface area contributed by atoms with Crippen molar-refractivity contribution in [1.29, 1.82) is 0 Å². The maximum atomic E-state index is 11.7. The minimum Gasteiger partial charge on any atom is -0.455 e. The van der Waals surface area contributed by atoms with Crippen LogP contribution < -0.4 is 0 Å². The SMILES string of the molecule is CCCCCCCCCC[C@@H](O)C1CC[C@H](C2CC[C@H]([C@H](O)CCCCCCCCCC[C@H](O)CC3=C[C@H](C)OC3=O)O2)O1. The lowest BCUT2D eigenvalue weighted by molar-refractivity contribution is -0.139. The molecule has 3 heterocycles. The van der Waals surface area contributed by atoms with Crippen LogP contribution >= 0.6 is 0 Å². The van der Waals surface area contributed by atoms with Crippen molar-refractivity contribution in [3.8, 4) is 0 Å². The van der Waals surface area contributed by atoms with E-state index in [2.05, 4.69) is 6.92 Å². The minimum absolute atomic E-state index is 0.0519. The Morgan fingerprint density at radius 2 is 1.09 bits per heavy atom. The minimum atomic E-state index is -0.463. The third-order valence-electron chi connectivity index (χ3n) is 10.0. The number of hydrogen-bond acceptors (Lipinski definition) is 7. The second kappa shape index (κ2) is 21.7. The Morgan fingerprint density at radius 1 is 0.659 bits per heavy atom. The molecule has 0 radical (unpaired) electrons. The Kier molecular flexibility index (Phi) is 18.5. The first-order valence-electron chi connectivity index (χ1n) is 18.6. The summed E-state index contributed by atoms with van der Waals surface area (Å²) in [6.07, 6.45) is 26.1. The first kappa shape index (κ1) is 37.5.